The number of aromatic nitrogens is 4. The molecule has 0 fully saturated rings. The van der Waals surface area contributed by atoms with Crippen LogP contribution in [0, 0.1) is 6.92 Å². The van der Waals surface area contributed by atoms with Gasteiger partial charge in [-0.05, 0) is 49.8 Å². The van der Waals surface area contributed by atoms with Crippen molar-refractivity contribution in [1.29, 1.82) is 0 Å². The van der Waals surface area contributed by atoms with E-state index in [0.29, 0.717) is 23.6 Å². The predicted molar refractivity (Wildman–Crippen MR) is 127 cm³/mol. The largest absolute Gasteiger partial charge is 0.370 e. The summed E-state index contributed by atoms with van der Waals surface area (Å²) in [7, 11) is 2.10. The molecule has 32 heavy (non-hydrogen) atoms. The molecule has 0 atom stereocenters. The molecule has 1 amide bonds. The van der Waals surface area contributed by atoms with Gasteiger partial charge in [0.05, 0.1) is 23.5 Å². The lowest BCUT2D eigenvalue weighted by molar-refractivity contribution is 0.100. The maximum atomic E-state index is 11.9. The fourth-order valence-corrected chi connectivity index (χ4v) is 4.93. The van der Waals surface area contributed by atoms with Crippen molar-refractivity contribution in [2.45, 2.75) is 32.7 Å². The van der Waals surface area contributed by atoms with Crippen LogP contribution in [0.4, 0.5) is 11.5 Å². The quantitative estimate of drug-likeness (QED) is 0.484. The average Bonchev–Trinajstić information content (AvgIpc) is 3.36. The normalized spacial score (nSPS) is 13.8. The van der Waals surface area contributed by atoms with Crippen molar-refractivity contribution in [2.75, 3.05) is 23.8 Å². The highest BCUT2D eigenvalue weighted by Crippen LogP contribution is 2.34. The predicted octanol–water partition coefficient (Wildman–Crippen LogP) is 3.64. The number of nitrogens with two attached hydrogens (primary N) is 1. The molecule has 9 heteroatoms. The molecule has 4 aromatic heterocycles. The number of pyridine rings is 1. The molecular formula is C23H25N7OS. The summed E-state index contributed by atoms with van der Waals surface area (Å²) < 4.78 is 1.86. The van der Waals surface area contributed by atoms with E-state index in [1.165, 1.54) is 4.88 Å². The Morgan fingerprint density at radius 2 is 2.09 bits per heavy atom. The summed E-state index contributed by atoms with van der Waals surface area (Å²) in [5.74, 6) is 0.914. The van der Waals surface area contributed by atoms with Crippen LogP contribution in [0.3, 0.4) is 0 Å². The van der Waals surface area contributed by atoms with Gasteiger partial charge in [-0.3, -0.25) is 9.20 Å². The Morgan fingerprint density at radius 3 is 2.88 bits per heavy atom. The van der Waals surface area contributed by atoms with Crippen LogP contribution in [0.5, 0.6) is 0 Å². The maximum Gasteiger partial charge on any atom is 0.252 e. The minimum atomic E-state index is -0.505. The van der Waals surface area contributed by atoms with Gasteiger partial charge in [-0.25, -0.2) is 15.0 Å². The third-order valence-electron chi connectivity index (χ3n) is 5.81. The van der Waals surface area contributed by atoms with E-state index < -0.39 is 5.91 Å². The Hall–Kier alpha value is -3.46. The summed E-state index contributed by atoms with van der Waals surface area (Å²) >= 11 is 1.72. The fourth-order valence-electron chi connectivity index (χ4n) is 4.29. The number of carbonyl (C=O) groups is 1. The number of primary amides is 1. The zero-order chi connectivity index (χ0) is 22.2. The lowest BCUT2D eigenvalue weighted by Gasteiger charge is -2.23. The van der Waals surface area contributed by atoms with Crippen molar-refractivity contribution in [3.63, 3.8) is 0 Å². The fraction of sp³-hybridized carbons (Fsp3) is 0.304. The molecule has 5 heterocycles. The van der Waals surface area contributed by atoms with Gasteiger partial charge >= 0.3 is 0 Å². The number of thiophene rings is 1. The Bertz CT molecular complexity index is 1300. The molecule has 5 rings (SSSR count). The molecule has 0 radical (unpaired) electrons. The number of anilines is 2. The van der Waals surface area contributed by atoms with Crippen molar-refractivity contribution >= 4 is 34.4 Å². The van der Waals surface area contributed by atoms with Gasteiger partial charge < -0.3 is 16.0 Å². The molecule has 0 aliphatic carbocycles. The van der Waals surface area contributed by atoms with Crippen LogP contribution in [0.1, 0.15) is 39.5 Å². The molecule has 3 N–H and O–H groups in total. The monoisotopic (exact) mass is 447 g/mol. The topological polar surface area (TPSA) is 101 Å². The number of carbonyl (C=O) groups excluding carboxylic acids is 1. The number of nitrogens with one attached hydrogen (secondary N) is 1. The smallest absolute Gasteiger partial charge is 0.252 e. The van der Waals surface area contributed by atoms with Crippen LogP contribution >= 0.6 is 11.3 Å². The number of rotatable bonds is 5. The van der Waals surface area contributed by atoms with Gasteiger partial charge in [0.2, 0.25) is 0 Å². The second-order valence-electron chi connectivity index (χ2n) is 8.03. The molecule has 0 bridgehead atoms. The SMILES string of the molecule is Cc1nc2c(C(N)=O)cccn2c1-c1nc2c(c(NCc3cccs3)n1)N(C)CCCC2. The average molecular weight is 448 g/mol. The van der Waals surface area contributed by atoms with Crippen LogP contribution in [-0.2, 0) is 13.0 Å². The Balaban J connectivity index is 1.67. The first kappa shape index (κ1) is 20.4. The molecule has 0 spiro atoms. The number of hydrogen-bond donors (Lipinski definition) is 2. The van der Waals surface area contributed by atoms with Crippen LogP contribution in [0.2, 0.25) is 0 Å². The van der Waals surface area contributed by atoms with E-state index in [9.17, 15) is 4.79 Å². The summed E-state index contributed by atoms with van der Waals surface area (Å²) in [6, 6.07) is 7.65. The van der Waals surface area contributed by atoms with E-state index in [2.05, 4.69) is 39.8 Å². The van der Waals surface area contributed by atoms with Gasteiger partial charge in [-0.1, -0.05) is 6.07 Å². The molecule has 8 nitrogen and oxygen atoms in total. The van der Waals surface area contributed by atoms with Crippen LogP contribution in [-0.4, -0.2) is 38.9 Å². The zero-order valence-electron chi connectivity index (χ0n) is 18.1. The lowest BCUT2D eigenvalue weighted by Crippen LogP contribution is -2.21. The first-order valence-corrected chi connectivity index (χ1v) is 11.6. The highest BCUT2D eigenvalue weighted by atomic mass is 32.1. The lowest BCUT2D eigenvalue weighted by atomic mass is 10.2. The van der Waals surface area contributed by atoms with Gasteiger partial charge in [-0.15, -0.1) is 11.3 Å². The van der Waals surface area contributed by atoms with E-state index in [0.717, 1.165) is 54.4 Å². The van der Waals surface area contributed by atoms with E-state index in [4.69, 9.17) is 15.7 Å². The van der Waals surface area contributed by atoms with Crippen molar-refractivity contribution in [1.82, 2.24) is 19.4 Å². The van der Waals surface area contributed by atoms with Gasteiger partial charge in [0.1, 0.15) is 17.0 Å². The summed E-state index contributed by atoms with van der Waals surface area (Å²) in [4.78, 5) is 30.0. The number of aryl methyl sites for hydroxylation is 2. The van der Waals surface area contributed by atoms with E-state index in [1.54, 1.807) is 23.5 Å². The first-order valence-electron chi connectivity index (χ1n) is 10.7. The van der Waals surface area contributed by atoms with Crippen LogP contribution in [0.25, 0.3) is 17.2 Å². The molecule has 4 aromatic rings. The van der Waals surface area contributed by atoms with Gasteiger partial charge in [0, 0.05) is 24.7 Å². The molecular weight excluding hydrogens is 422 g/mol. The molecule has 0 saturated carbocycles. The minimum absolute atomic E-state index is 0.382. The number of imidazole rings is 1. The molecule has 0 saturated heterocycles. The summed E-state index contributed by atoms with van der Waals surface area (Å²) in [6.45, 7) is 3.58. The Labute approximate surface area is 190 Å². The molecule has 1 aliphatic heterocycles. The highest BCUT2D eigenvalue weighted by molar-refractivity contribution is 7.09. The standard InChI is InChI=1S/C23H25N7OS/c1-14-18(30-11-5-8-16(20(24)31)23(30)26-14)22-27-17-9-3-4-10-29(2)19(17)21(28-22)25-13-15-7-6-12-32-15/h5-8,11-12H,3-4,9-10,13H2,1-2H3,(H2,24,31)(H,25,27,28). The highest BCUT2D eigenvalue weighted by Gasteiger charge is 2.24. The number of fused-ring (bicyclic) bond motifs is 2. The summed E-state index contributed by atoms with van der Waals surface area (Å²) in [5.41, 5.74) is 10.1. The Kier molecular flexibility index (Phi) is 5.26. The second-order valence-corrected chi connectivity index (χ2v) is 9.06. The molecule has 164 valence electrons. The molecule has 0 unspecified atom stereocenters. The first-order chi connectivity index (χ1) is 15.5. The van der Waals surface area contributed by atoms with Crippen molar-refractivity contribution in [2.24, 2.45) is 5.73 Å². The van der Waals surface area contributed by atoms with E-state index in [-0.39, 0.29) is 0 Å². The van der Waals surface area contributed by atoms with Crippen molar-refractivity contribution in [3.8, 4) is 11.5 Å². The van der Waals surface area contributed by atoms with Crippen molar-refractivity contribution in [3.05, 3.63) is 57.7 Å². The minimum Gasteiger partial charge on any atom is -0.370 e. The number of amides is 1. The van der Waals surface area contributed by atoms with Crippen molar-refractivity contribution < 1.29 is 4.79 Å². The molecule has 1 aliphatic rings. The second kappa shape index (κ2) is 8.23. The zero-order valence-corrected chi connectivity index (χ0v) is 18.9. The third kappa shape index (κ3) is 3.58. The number of hydrogen-bond acceptors (Lipinski definition) is 7. The van der Waals surface area contributed by atoms with Crippen LogP contribution < -0.4 is 16.0 Å². The summed E-state index contributed by atoms with van der Waals surface area (Å²) in [5, 5.41) is 5.62. The van der Waals surface area contributed by atoms with Gasteiger partial charge in [-0.2, -0.15) is 0 Å². The van der Waals surface area contributed by atoms with Gasteiger partial charge in [0.25, 0.3) is 5.91 Å². The maximum absolute atomic E-state index is 11.9. The van der Waals surface area contributed by atoms with Crippen LogP contribution in [0.15, 0.2) is 35.8 Å². The molecule has 0 aromatic carbocycles. The Morgan fingerprint density at radius 1 is 1.22 bits per heavy atom. The van der Waals surface area contributed by atoms with E-state index in [1.807, 2.05) is 17.5 Å². The summed E-state index contributed by atoms with van der Waals surface area (Å²) in [6.07, 6.45) is 4.96. The van der Waals surface area contributed by atoms with Gasteiger partial charge in [0.15, 0.2) is 11.6 Å². The third-order valence-corrected chi connectivity index (χ3v) is 6.68. The number of nitrogens with zero attached hydrogens (tertiary/aromatic N) is 5. The van der Waals surface area contributed by atoms with E-state index >= 15 is 0 Å².